The number of nitriles is 1. The van der Waals surface area contributed by atoms with Gasteiger partial charge in [0.15, 0.2) is 0 Å². The van der Waals surface area contributed by atoms with Gasteiger partial charge in [0.1, 0.15) is 0 Å². The number of nitrogens with two attached hydrogens (primary N) is 1. The number of sulfonamides is 1. The predicted octanol–water partition coefficient (Wildman–Crippen LogP) is 0.979. The van der Waals surface area contributed by atoms with Gasteiger partial charge in [0.25, 0.3) is 0 Å². The van der Waals surface area contributed by atoms with E-state index in [0.717, 1.165) is 12.8 Å². The van der Waals surface area contributed by atoms with Gasteiger partial charge >= 0.3 is 0 Å². The lowest BCUT2D eigenvalue weighted by Crippen LogP contribution is -2.45. The molecule has 2 N–H and O–H groups in total. The molecule has 1 aliphatic heterocycles. The van der Waals surface area contributed by atoms with Crippen molar-refractivity contribution >= 4 is 10.0 Å². The van der Waals surface area contributed by atoms with Gasteiger partial charge in [0.05, 0.1) is 16.5 Å². The minimum Gasteiger partial charge on any atom is -0.327 e. The maximum Gasteiger partial charge on any atom is 0.243 e. The number of hydrogen-bond donors (Lipinski definition) is 1. The molecular formula is C13H17N3O2S. The van der Waals surface area contributed by atoms with Crippen molar-refractivity contribution in [2.24, 2.45) is 5.73 Å². The van der Waals surface area contributed by atoms with Crippen LogP contribution in [0.2, 0.25) is 0 Å². The summed E-state index contributed by atoms with van der Waals surface area (Å²) in [7, 11) is -3.50. The van der Waals surface area contributed by atoms with E-state index in [4.69, 9.17) is 11.0 Å². The first-order valence-corrected chi connectivity index (χ1v) is 7.65. The van der Waals surface area contributed by atoms with E-state index in [0.29, 0.717) is 24.2 Å². The van der Waals surface area contributed by atoms with Crippen molar-refractivity contribution in [1.29, 1.82) is 5.26 Å². The van der Waals surface area contributed by atoms with Gasteiger partial charge in [-0.1, -0.05) is 0 Å². The third-order valence-corrected chi connectivity index (χ3v) is 5.24. The molecule has 1 atom stereocenters. The van der Waals surface area contributed by atoms with Crippen LogP contribution >= 0.6 is 0 Å². The Morgan fingerprint density at radius 1 is 1.47 bits per heavy atom. The summed E-state index contributed by atoms with van der Waals surface area (Å²) >= 11 is 0. The molecule has 0 saturated carbocycles. The number of hydrogen-bond acceptors (Lipinski definition) is 4. The lowest BCUT2D eigenvalue weighted by molar-refractivity contribution is 0.316. The summed E-state index contributed by atoms with van der Waals surface area (Å²) in [5.74, 6) is 0. The van der Waals surface area contributed by atoms with Crippen molar-refractivity contribution in [3.63, 3.8) is 0 Å². The van der Waals surface area contributed by atoms with E-state index >= 15 is 0 Å². The minimum atomic E-state index is -3.50. The summed E-state index contributed by atoms with van der Waals surface area (Å²) < 4.78 is 26.4. The maximum absolute atomic E-state index is 12.5. The van der Waals surface area contributed by atoms with Crippen LogP contribution in [0.1, 0.15) is 24.0 Å². The predicted molar refractivity (Wildman–Crippen MR) is 71.9 cm³/mol. The van der Waals surface area contributed by atoms with Gasteiger partial charge in [0.2, 0.25) is 10.0 Å². The standard InChI is InChI=1S/C13H17N3O2S/c1-10-7-13(5-4-11(10)8-14)19(17,18)16-6-2-3-12(15)9-16/h4-5,7,12H,2-3,6,9,15H2,1H3/t12-/m1/s1. The van der Waals surface area contributed by atoms with Crippen LogP contribution in [0.5, 0.6) is 0 Å². The fourth-order valence-electron chi connectivity index (χ4n) is 2.26. The molecule has 6 heteroatoms. The average molecular weight is 279 g/mol. The minimum absolute atomic E-state index is 0.0944. The van der Waals surface area contributed by atoms with Crippen molar-refractivity contribution in [3.8, 4) is 6.07 Å². The molecular weight excluding hydrogens is 262 g/mol. The van der Waals surface area contributed by atoms with E-state index in [1.54, 1.807) is 19.1 Å². The van der Waals surface area contributed by atoms with E-state index in [2.05, 4.69) is 0 Å². The summed E-state index contributed by atoms with van der Waals surface area (Å²) in [5.41, 5.74) is 6.99. The van der Waals surface area contributed by atoms with Crippen molar-refractivity contribution in [3.05, 3.63) is 29.3 Å². The second-order valence-electron chi connectivity index (χ2n) is 4.85. The van der Waals surface area contributed by atoms with Crippen molar-refractivity contribution < 1.29 is 8.42 Å². The Labute approximate surface area is 113 Å². The van der Waals surface area contributed by atoms with Crippen LogP contribution in [0.3, 0.4) is 0 Å². The van der Waals surface area contributed by atoms with Gasteiger partial charge < -0.3 is 5.73 Å². The van der Waals surface area contributed by atoms with Crippen molar-refractivity contribution in [2.45, 2.75) is 30.7 Å². The molecule has 1 fully saturated rings. The average Bonchev–Trinajstić information content (AvgIpc) is 2.38. The molecule has 0 unspecified atom stereocenters. The Morgan fingerprint density at radius 2 is 2.21 bits per heavy atom. The van der Waals surface area contributed by atoms with E-state index in [-0.39, 0.29) is 10.9 Å². The first-order valence-electron chi connectivity index (χ1n) is 6.21. The highest BCUT2D eigenvalue weighted by molar-refractivity contribution is 7.89. The Balaban J connectivity index is 2.34. The number of piperidine rings is 1. The Kier molecular flexibility index (Phi) is 3.90. The zero-order valence-electron chi connectivity index (χ0n) is 10.8. The quantitative estimate of drug-likeness (QED) is 0.874. The van der Waals surface area contributed by atoms with Crippen LogP contribution in [0, 0.1) is 18.3 Å². The monoisotopic (exact) mass is 279 g/mol. The molecule has 0 aromatic heterocycles. The summed E-state index contributed by atoms with van der Waals surface area (Å²) in [4.78, 5) is 0.234. The van der Waals surface area contributed by atoms with Crippen LogP contribution in [-0.4, -0.2) is 31.9 Å². The smallest absolute Gasteiger partial charge is 0.243 e. The second kappa shape index (κ2) is 5.29. The third kappa shape index (κ3) is 2.78. The highest BCUT2D eigenvalue weighted by Crippen LogP contribution is 2.22. The molecule has 0 spiro atoms. The molecule has 1 heterocycles. The molecule has 19 heavy (non-hydrogen) atoms. The molecule has 0 bridgehead atoms. The first kappa shape index (κ1) is 14.0. The number of rotatable bonds is 2. The van der Waals surface area contributed by atoms with E-state index in [9.17, 15) is 8.42 Å². The highest BCUT2D eigenvalue weighted by atomic mass is 32.2. The zero-order valence-corrected chi connectivity index (χ0v) is 11.7. The fraction of sp³-hybridized carbons (Fsp3) is 0.462. The number of aryl methyl sites for hydroxylation is 1. The van der Waals surface area contributed by atoms with Crippen LogP contribution in [-0.2, 0) is 10.0 Å². The Morgan fingerprint density at radius 3 is 2.79 bits per heavy atom. The van der Waals surface area contributed by atoms with Gasteiger partial charge in [-0.25, -0.2) is 8.42 Å². The van der Waals surface area contributed by atoms with Gasteiger partial charge in [-0.2, -0.15) is 9.57 Å². The highest BCUT2D eigenvalue weighted by Gasteiger charge is 2.29. The fourth-order valence-corrected chi connectivity index (χ4v) is 3.88. The van der Waals surface area contributed by atoms with Gasteiger partial charge in [-0.15, -0.1) is 0 Å². The zero-order chi connectivity index (χ0) is 14.0. The lowest BCUT2D eigenvalue weighted by Gasteiger charge is -2.29. The molecule has 1 aromatic carbocycles. The van der Waals surface area contributed by atoms with Crippen molar-refractivity contribution in [2.75, 3.05) is 13.1 Å². The molecule has 102 valence electrons. The van der Waals surface area contributed by atoms with Gasteiger partial charge in [-0.05, 0) is 43.5 Å². The van der Waals surface area contributed by atoms with E-state index in [1.165, 1.54) is 10.4 Å². The first-order chi connectivity index (χ1) is 8.95. The van der Waals surface area contributed by atoms with Crippen LogP contribution in [0.15, 0.2) is 23.1 Å². The van der Waals surface area contributed by atoms with Crippen LogP contribution in [0.25, 0.3) is 0 Å². The van der Waals surface area contributed by atoms with E-state index < -0.39 is 10.0 Å². The normalized spacial score (nSPS) is 21.0. The molecule has 5 nitrogen and oxygen atoms in total. The summed E-state index contributed by atoms with van der Waals surface area (Å²) in [6.45, 7) is 2.61. The second-order valence-corrected chi connectivity index (χ2v) is 6.79. The summed E-state index contributed by atoms with van der Waals surface area (Å²) in [6, 6.07) is 6.52. The topological polar surface area (TPSA) is 87.2 Å². The largest absolute Gasteiger partial charge is 0.327 e. The molecule has 0 amide bonds. The molecule has 1 aliphatic rings. The Bertz CT molecular complexity index is 619. The van der Waals surface area contributed by atoms with Crippen molar-refractivity contribution in [1.82, 2.24) is 4.31 Å². The third-order valence-electron chi connectivity index (χ3n) is 3.38. The van der Waals surface area contributed by atoms with Gasteiger partial charge in [-0.3, -0.25) is 0 Å². The molecule has 0 radical (unpaired) electrons. The number of nitrogens with zero attached hydrogens (tertiary/aromatic N) is 2. The van der Waals surface area contributed by atoms with Crippen LogP contribution in [0.4, 0.5) is 0 Å². The number of benzene rings is 1. The Hall–Kier alpha value is -1.42. The van der Waals surface area contributed by atoms with Gasteiger partial charge in [0, 0.05) is 19.1 Å². The SMILES string of the molecule is Cc1cc(S(=O)(=O)N2CCC[C@@H](N)C2)ccc1C#N. The summed E-state index contributed by atoms with van der Waals surface area (Å²) in [6.07, 6.45) is 1.65. The maximum atomic E-state index is 12.5. The molecule has 1 aromatic rings. The van der Waals surface area contributed by atoms with Crippen LogP contribution < -0.4 is 5.73 Å². The molecule has 0 aliphatic carbocycles. The lowest BCUT2D eigenvalue weighted by atomic mass is 10.1. The van der Waals surface area contributed by atoms with E-state index in [1.807, 2.05) is 6.07 Å². The molecule has 1 saturated heterocycles. The molecule has 2 rings (SSSR count). The summed E-state index contributed by atoms with van der Waals surface area (Å²) in [5, 5.41) is 8.87.